The van der Waals surface area contributed by atoms with E-state index in [1.54, 1.807) is 36.2 Å². The lowest BCUT2D eigenvalue weighted by atomic mass is 10.2. The van der Waals surface area contributed by atoms with Crippen molar-refractivity contribution >= 4 is 29.3 Å². The highest BCUT2D eigenvalue weighted by atomic mass is 35.5. The molecule has 10 heteroatoms. The van der Waals surface area contributed by atoms with E-state index in [1.165, 1.54) is 19.2 Å². The molecule has 0 radical (unpaired) electrons. The standard InChI is InChI=1S/C18H16ClN5O4/c1-27-12-5-3-11(4-6-12)24-17(21-22-23-24)7-8-20-15-10-16(28-2)13(18(25)26)9-14(15)19/h3-10,20H,1-2H3,(H,25,26)/b8-7+. The summed E-state index contributed by atoms with van der Waals surface area (Å²) in [6.45, 7) is 0. The number of methoxy groups -OCH3 is 2. The predicted octanol–water partition coefficient (Wildman–Crippen LogP) is 3.11. The first kappa shape index (κ1) is 19.2. The molecule has 28 heavy (non-hydrogen) atoms. The van der Waals surface area contributed by atoms with E-state index in [1.807, 2.05) is 12.1 Å². The Balaban J connectivity index is 1.81. The van der Waals surface area contributed by atoms with Crippen LogP contribution >= 0.6 is 11.6 Å². The fourth-order valence-corrected chi connectivity index (χ4v) is 2.63. The van der Waals surface area contributed by atoms with Crippen LogP contribution in [-0.2, 0) is 0 Å². The molecular weight excluding hydrogens is 386 g/mol. The Bertz CT molecular complexity index is 1020. The van der Waals surface area contributed by atoms with Gasteiger partial charge in [-0.2, -0.15) is 4.68 Å². The zero-order valence-corrected chi connectivity index (χ0v) is 15.7. The lowest BCUT2D eigenvalue weighted by Gasteiger charge is -2.10. The van der Waals surface area contributed by atoms with E-state index < -0.39 is 5.97 Å². The molecule has 9 nitrogen and oxygen atoms in total. The van der Waals surface area contributed by atoms with E-state index in [0.717, 1.165) is 11.4 Å². The molecule has 2 N–H and O–H groups in total. The van der Waals surface area contributed by atoms with Crippen molar-refractivity contribution in [2.75, 3.05) is 19.5 Å². The molecule has 0 fully saturated rings. The third-order valence-corrected chi connectivity index (χ3v) is 4.11. The number of aromatic nitrogens is 4. The molecule has 0 aliphatic rings. The van der Waals surface area contributed by atoms with Crippen molar-refractivity contribution in [2.45, 2.75) is 0 Å². The van der Waals surface area contributed by atoms with Gasteiger partial charge < -0.3 is 19.9 Å². The molecule has 144 valence electrons. The highest BCUT2D eigenvalue weighted by molar-refractivity contribution is 6.33. The number of benzene rings is 2. The number of rotatable bonds is 7. The van der Waals surface area contributed by atoms with Gasteiger partial charge in [-0.05, 0) is 40.8 Å². The number of carboxylic acid groups (broad SMARTS) is 1. The van der Waals surface area contributed by atoms with Crippen LogP contribution in [0.15, 0.2) is 42.6 Å². The van der Waals surface area contributed by atoms with Crippen molar-refractivity contribution in [1.29, 1.82) is 0 Å². The molecule has 3 rings (SSSR count). The van der Waals surface area contributed by atoms with Gasteiger partial charge in [0.15, 0.2) is 5.82 Å². The molecule has 0 unspecified atom stereocenters. The number of nitrogens with zero attached hydrogens (tertiary/aromatic N) is 4. The molecule has 0 spiro atoms. The topological polar surface area (TPSA) is 111 Å². The number of tetrazole rings is 1. The van der Waals surface area contributed by atoms with Crippen LogP contribution in [0.3, 0.4) is 0 Å². The summed E-state index contributed by atoms with van der Waals surface area (Å²) < 4.78 is 11.8. The van der Waals surface area contributed by atoms with E-state index in [-0.39, 0.29) is 16.3 Å². The lowest BCUT2D eigenvalue weighted by Crippen LogP contribution is -2.02. The molecular formula is C18H16ClN5O4. The summed E-state index contributed by atoms with van der Waals surface area (Å²) in [7, 11) is 2.98. The Morgan fingerprint density at radius 1 is 1.21 bits per heavy atom. The summed E-state index contributed by atoms with van der Waals surface area (Å²) >= 11 is 6.15. The Morgan fingerprint density at radius 2 is 1.96 bits per heavy atom. The molecule has 0 atom stereocenters. The minimum atomic E-state index is -1.13. The van der Waals surface area contributed by atoms with Crippen molar-refractivity contribution in [3.63, 3.8) is 0 Å². The third kappa shape index (κ3) is 4.04. The van der Waals surface area contributed by atoms with Gasteiger partial charge in [-0.25, -0.2) is 4.79 Å². The predicted molar refractivity (Wildman–Crippen MR) is 103 cm³/mol. The molecule has 0 aliphatic heterocycles. The van der Waals surface area contributed by atoms with E-state index in [0.29, 0.717) is 11.5 Å². The van der Waals surface area contributed by atoms with E-state index in [9.17, 15) is 9.90 Å². The second-order valence-corrected chi connectivity index (χ2v) is 5.87. The smallest absolute Gasteiger partial charge is 0.339 e. The van der Waals surface area contributed by atoms with Gasteiger partial charge in [0, 0.05) is 18.3 Å². The van der Waals surface area contributed by atoms with Crippen LogP contribution in [0.2, 0.25) is 5.02 Å². The first-order chi connectivity index (χ1) is 13.5. The van der Waals surface area contributed by atoms with Crippen LogP contribution in [0, 0.1) is 0 Å². The number of ether oxygens (including phenoxy) is 2. The Morgan fingerprint density at radius 3 is 2.61 bits per heavy atom. The summed E-state index contributed by atoms with van der Waals surface area (Å²) in [5.41, 5.74) is 1.21. The minimum Gasteiger partial charge on any atom is -0.497 e. The minimum absolute atomic E-state index is 0.0227. The zero-order valence-electron chi connectivity index (χ0n) is 15.0. The largest absolute Gasteiger partial charge is 0.497 e. The van der Waals surface area contributed by atoms with E-state index in [2.05, 4.69) is 20.8 Å². The lowest BCUT2D eigenvalue weighted by molar-refractivity contribution is 0.0693. The first-order valence-corrected chi connectivity index (χ1v) is 8.38. The summed E-state index contributed by atoms with van der Waals surface area (Å²) in [6, 6.07) is 10.1. The van der Waals surface area contributed by atoms with Gasteiger partial charge in [0.1, 0.15) is 17.1 Å². The van der Waals surface area contributed by atoms with Gasteiger partial charge in [-0.15, -0.1) is 5.10 Å². The highest BCUT2D eigenvalue weighted by Crippen LogP contribution is 2.31. The average molecular weight is 402 g/mol. The fraction of sp³-hybridized carbons (Fsp3) is 0.111. The van der Waals surface area contributed by atoms with Gasteiger partial charge in [0.25, 0.3) is 0 Å². The number of carbonyl (C=O) groups is 1. The average Bonchev–Trinajstić information content (AvgIpc) is 3.17. The molecule has 2 aromatic carbocycles. The van der Waals surface area contributed by atoms with Gasteiger partial charge in [-0.3, -0.25) is 0 Å². The number of anilines is 1. The van der Waals surface area contributed by atoms with Gasteiger partial charge >= 0.3 is 5.97 Å². The molecule has 0 bridgehead atoms. The highest BCUT2D eigenvalue weighted by Gasteiger charge is 2.14. The summed E-state index contributed by atoms with van der Waals surface area (Å²) in [5.74, 6) is 0.266. The van der Waals surface area contributed by atoms with Gasteiger partial charge in [0.2, 0.25) is 0 Å². The maximum absolute atomic E-state index is 11.2. The van der Waals surface area contributed by atoms with Crippen molar-refractivity contribution in [2.24, 2.45) is 0 Å². The molecule has 1 heterocycles. The van der Waals surface area contributed by atoms with Crippen LogP contribution < -0.4 is 14.8 Å². The van der Waals surface area contributed by atoms with Crippen molar-refractivity contribution in [3.8, 4) is 17.2 Å². The second-order valence-electron chi connectivity index (χ2n) is 5.46. The molecule has 3 aromatic rings. The fourth-order valence-electron chi connectivity index (χ4n) is 2.41. The Hall–Kier alpha value is -3.59. The normalized spacial score (nSPS) is 10.8. The van der Waals surface area contributed by atoms with Gasteiger partial charge in [0.05, 0.1) is 30.6 Å². The van der Waals surface area contributed by atoms with Crippen LogP contribution in [-0.4, -0.2) is 45.5 Å². The van der Waals surface area contributed by atoms with Crippen molar-refractivity contribution in [3.05, 3.63) is 59.0 Å². The maximum atomic E-state index is 11.2. The van der Waals surface area contributed by atoms with E-state index >= 15 is 0 Å². The summed E-state index contributed by atoms with van der Waals surface area (Å²) in [6.07, 6.45) is 3.24. The van der Waals surface area contributed by atoms with Crippen LogP contribution in [0.25, 0.3) is 11.8 Å². The molecule has 0 saturated carbocycles. The Labute approximate surface area is 165 Å². The molecule has 1 aromatic heterocycles. The SMILES string of the molecule is COc1ccc(-n2nnnc2/C=C/Nc2cc(OC)c(C(=O)O)cc2Cl)cc1. The molecule has 0 saturated heterocycles. The Kier molecular flexibility index (Phi) is 5.75. The number of aromatic carboxylic acids is 1. The summed E-state index contributed by atoms with van der Waals surface area (Å²) in [5, 5.41) is 24.0. The molecule has 0 amide bonds. The summed E-state index contributed by atoms with van der Waals surface area (Å²) in [4.78, 5) is 11.2. The van der Waals surface area contributed by atoms with E-state index in [4.69, 9.17) is 21.1 Å². The number of hydrogen-bond donors (Lipinski definition) is 2. The number of carboxylic acids is 1. The first-order valence-electron chi connectivity index (χ1n) is 8.00. The number of nitrogens with one attached hydrogen (secondary N) is 1. The van der Waals surface area contributed by atoms with Crippen molar-refractivity contribution in [1.82, 2.24) is 20.2 Å². The second kappa shape index (κ2) is 8.40. The monoisotopic (exact) mass is 401 g/mol. The number of halogens is 1. The van der Waals surface area contributed by atoms with Crippen molar-refractivity contribution < 1.29 is 19.4 Å². The van der Waals surface area contributed by atoms with Crippen LogP contribution in [0.1, 0.15) is 16.2 Å². The maximum Gasteiger partial charge on any atom is 0.339 e. The third-order valence-electron chi connectivity index (χ3n) is 3.80. The van der Waals surface area contributed by atoms with Gasteiger partial charge in [-0.1, -0.05) is 11.6 Å². The zero-order chi connectivity index (χ0) is 20.1. The quantitative estimate of drug-likeness (QED) is 0.621. The number of hydrogen-bond acceptors (Lipinski definition) is 7. The molecule has 0 aliphatic carbocycles. The van der Waals surface area contributed by atoms with Crippen LogP contribution in [0.5, 0.6) is 11.5 Å². The van der Waals surface area contributed by atoms with Crippen LogP contribution in [0.4, 0.5) is 5.69 Å².